The van der Waals surface area contributed by atoms with E-state index in [1.54, 1.807) is 31.2 Å². The molecule has 0 aliphatic heterocycles. The van der Waals surface area contributed by atoms with E-state index in [9.17, 15) is 8.78 Å². The molecule has 0 aliphatic carbocycles. The molecule has 2 aromatic carbocycles. The molecule has 1 aromatic heterocycles. The summed E-state index contributed by atoms with van der Waals surface area (Å²) >= 11 is 0. The Morgan fingerprint density at radius 1 is 1.08 bits per heavy atom. The van der Waals surface area contributed by atoms with Crippen molar-refractivity contribution < 1.29 is 13.3 Å². The SMILES string of the molecule is Cc1ccc(-c2noc(CCCN(C)c3ccc(F)cc3)n2)cc1F. The second-order valence-electron chi connectivity index (χ2n) is 5.98. The fourth-order valence-corrected chi connectivity index (χ4v) is 2.50. The highest BCUT2D eigenvalue weighted by Crippen LogP contribution is 2.19. The summed E-state index contributed by atoms with van der Waals surface area (Å²) in [5, 5.41) is 3.91. The lowest BCUT2D eigenvalue weighted by atomic mass is 10.1. The van der Waals surface area contributed by atoms with Gasteiger partial charge in [0.2, 0.25) is 11.7 Å². The molecule has 0 fully saturated rings. The molecule has 0 aliphatic rings. The van der Waals surface area contributed by atoms with Gasteiger partial charge in [-0.3, -0.25) is 0 Å². The fourth-order valence-electron chi connectivity index (χ4n) is 2.50. The van der Waals surface area contributed by atoms with Crippen LogP contribution in [0, 0.1) is 18.6 Å². The van der Waals surface area contributed by atoms with E-state index in [4.69, 9.17) is 4.52 Å². The lowest BCUT2D eigenvalue weighted by Gasteiger charge is -2.18. The number of nitrogens with zero attached hydrogens (tertiary/aromatic N) is 3. The number of hydrogen-bond acceptors (Lipinski definition) is 4. The minimum atomic E-state index is -0.287. The molecule has 0 bridgehead atoms. The molecule has 3 aromatic rings. The predicted molar refractivity (Wildman–Crippen MR) is 92.4 cm³/mol. The van der Waals surface area contributed by atoms with Crippen LogP contribution in [0.1, 0.15) is 17.9 Å². The van der Waals surface area contributed by atoms with Crippen LogP contribution in [0.2, 0.25) is 0 Å². The molecule has 0 amide bonds. The maximum atomic E-state index is 13.6. The molecule has 3 rings (SSSR count). The number of halogens is 2. The summed E-state index contributed by atoms with van der Waals surface area (Å²) in [7, 11) is 1.95. The lowest BCUT2D eigenvalue weighted by molar-refractivity contribution is 0.376. The van der Waals surface area contributed by atoms with Gasteiger partial charge in [0.1, 0.15) is 11.6 Å². The van der Waals surface area contributed by atoms with Crippen molar-refractivity contribution >= 4 is 5.69 Å². The molecule has 0 unspecified atom stereocenters. The van der Waals surface area contributed by atoms with Gasteiger partial charge < -0.3 is 9.42 Å². The zero-order valence-electron chi connectivity index (χ0n) is 14.2. The first-order valence-electron chi connectivity index (χ1n) is 8.09. The highest BCUT2D eigenvalue weighted by Gasteiger charge is 2.11. The topological polar surface area (TPSA) is 42.2 Å². The van der Waals surface area contributed by atoms with Gasteiger partial charge >= 0.3 is 0 Å². The Balaban J connectivity index is 1.56. The molecular formula is C19H19F2N3O. The van der Waals surface area contributed by atoms with Gasteiger partial charge in [-0.2, -0.15) is 4.98 Å². The van der Waals surface area contributed by atoms with Gasteiger partial charge in [-0.15, -0.1) is 0 Å². The summed E-state index contributed by atoms with van der Waals surface area (Å²) in [6.45, 7) is 2.47. The van der Waals surface area contributed by atoms with Crippen LogP contribution < -0.4 is 4.90 Å². The Labute approximate surface area is 145 Å². The summed E-state index contributed by atoms with van der Waals surface area (Å²) in [6.07, 6.45) is 1.42. The van der Waals surface area contributed by atoms with Crippen molar-refractivity contribution in [3.8, 4) is 11.4 Å². The van der Waals surface area contributed by atoms with Gasteiger partial charge in [0.25, 0.3) is 0 Å². The highest BCUT2D eigenvalue weighted by atomic mass is 19.1. The normalized spacial score (nSPS) is 10.9. The van der Waals surface area contributed by atoms with Gasteiger partial charge in [0.05, 0.1) is 0 Å². The molecule has 1 heterocycles. The number of rotatable bonds is 6. The highest BCUT2D eigenvalue weighted by molar-refractivity contribution is 5.54. The van der Waals surface area contributed by atoms with Gasteiger partial charge in [0, 0.05) is 31.3 Å². The van der Waals surface area contributed by atoms with E-state index in [1.807, 2.05) is 11.9 Å². The van der Waals surface area contributed by atoms with E-state index in [0.717, 1.165) is 18.7 Å². The van der Waals surface area contributed by atoms with Crippen molar-refractivity contribution in [2.45, 2.75) is 19.8 Å². The first-order chi connectivity index (χ1) is 12.0. The predicted octanol–water partition coefficient (Wildman–Crippen LogP) is 4.39. The molecule has 4 nitrogen and oxygen atoms in total. The van der Waals surface area contributed by atoms with Gasteiger partial charge in [-0.25, -0.2) is 8.78 Å². The third-order valence-corrected chi connectivity index (χ3v) is 4.05. The molecule has 25 heavy (non-hydrogen) atoms. The van der Waals surface area contributed by atoms with Crippen LogP contribution in [-0.4, -0.2) is 23.7 Å². The summed E-state index contributed by atoms with van der Waals surface area (Å²) in [5.41, 5.74) is 2.13. The van der Waals surface area contributed by atoms with E-state index in [-0.39, 0.29) is 11.6 Å². The molecule has 0 N–H and O–H groups in total. The summed E-state index contributed by atoms with van der Waals surface area (Å²) in [5.74, 6) is 0.372. The zero-order valence-corrected chi connectivity index (χ0v) is 14.2. The average Bonchev–Trinajstić information content (AvgIpc) is 3.07. The standard InChI is InChI=1S/C19H19F2N3O/c1-13-5-6-14(12-17(13)21)19-22-18(25-23-19)4-3-11-24(2)16-9-7-15(20)8-10-16/h5-10,12H,3-4,11H2,1-2H3. The zero-order chi connectivity index (χ0) is 17.8. The number of anilines is 1. The quantitative estimate of drug-likeness (QED) is 0.666. The minimum absolute atomic E-state index is 0.247. The van der Waals surface area contributed by atoms with E-state index in [2.05, 4.69) is 10.1 Å². The molecule has 0 atom stereocenters. The Morgan fingerprint density at radius 3 is 2.56 bits per heavy atom. The van der Waals surface area contributed by atoms with Gasteiger partial charge in [-0.05, 0) is 49.2 Å². The van der Waals surface area contributed by atoms with Crippen molar-refractivity contribution in [1.29, 1.82) is 0 Å². The van der Waals surface area contributed by atoms with E-state index in [0.29, 0.717) is 29.3 Å². The number of hydrogen-bond donors (Lipinski definition) is 0. The largest absolute Gasteiger partial charge is 0.375 e. The number of benzene rings is 2. The second-order valence-corrected chi connectivity index (χ2v) is 5.98. The van der Waals surface area contributed by atoms with Crippen LogP contribution >= 0.6 is 0 Å². The second kappa shape index (κ2) is 7.42. The molecule has 0 saturated carbocycles. The molecule has 130 valence electrons. The Morgan fingerprint density at radius 2 is 1.84 bits per heavy atom. The third kappa shape index (κ3) is 4.21. The molecule has 0 saturated heterocycles. The van der Waals surface area contributed by atoms with E-state index < -0.39 is 0 Å². The first kappa shape index (κ1) is 17.1. The average molecular weight is 343 g/mol. The van der Waals surface area contributed by atoms with Gasteiger partial charge in [-0.1, -0.05) is 17.3 Å². The lowest BCUT2D eigenvalue weighted by Crippen LogP contribution is -2.18. The summed E-state index contributed by atoms with van der Waals surface area (Å²) < 4.78 is 31.8. The Kier molecular flexibility index (Phi) is 5.07. The smallest absolute Gasteiger partial charge is 0.227 e. The number of aryl methyl sites for hydroxylation is 2. The molecule has 0 radical (unpaired) electrons. The van der Waals surface area contributed by atoms with Crippen molar-refractivity contribution in [1.82, 2.24) is 10.1 Å². The Bertz CT molecular complexity index is 846. The van der Waals surface area contributed by atoms with Crippen molar-refractivity contribution in [3.63, 3.8) is 0 Å². The first-order valence-corrected chi connectivity index (χ1v) is 8.09. The van der Waals surface area contributed by atoms with E-state index in [1.165, 1.54) is 18.2 Å². The van der Waals surface area contributed by atoms with Crippen molar-refractivity contribution in [2.75, 3.05) is 18.5 Å². The number of aromatic nitrogens is 2. The van der Waals surface area contributed by atoms with Crippen LogP contribution in [0.3, 0.4) is 0 Å². The van der Waals surface area contributed by atoms with E-state index >= 15 is 0 Å². The van der Waals surface area contributed by atoms with Crippen molar-refractivity contribution in [3.05, 3.63) is 65.6 Å². The fraction of sp³-hybridized carbons (Fsp3) is 0.263. The van der Waals surface area contributed by atoms with Crippen LogP contribution in [0.25, 0.3) is 11.4 Å². The maximum Gasteiger partial charge on any atom is 0.227 e. The van der Waals surface area contributed by atoms with Crippen LogP contribution in [-0.2, 0) is 6.42 Å². The maximum absolute atomic E-state index is 13.6. The molecular weight excluding hydrogens is 324 g/mol. The summed E-state index contributed by atoms with van der Waals surface area (Å²) in [6, 6.07) is 11.2. The molecule has 0 spiro atoms. The van der Waals surface area contributed by atoms with Gasteiger partial charge in [0.15, 0.2) is 0 Å². The minimum Gasteiger partial charge on any atom is -0.375 e. The molecule has 6 heteroatoms. The van der Waals surface area contributed by atoms with Crippen LogP contribution in [0.4, 0.5) is 14.5 Å². The van der Waals surface area contributed by atoms with Crippen LogP contribution in [0.15, 0.2) is 47.0 Å². The Hall–Kier alpha value is -2.76. The third-order valence-electron chi connectivity index (χ3n) is 4.05. The monoisotopic (exact) mass is 343 g/mol. The van der Waals surface area contributed by atoms with Crippen molar-refractivity contribution in [2.24, 2.45) is 0 Å². The summed E-state index contributed by atoms with van der Waals surface area (Å²) in [4.78, 5) is 6.35. The van der Waals surface area contributed by atoms with Crippen LogP contribution in [0.5, 0.6) is 0 Å².